The zero-order valence-electron chi connectivity index (χ0n) is 10.1. The molecule has 0 atom stereocenters. The van der Waals surface area contributed by atoms with Crippen LogP contribution >= 0.6 is 0 Å². The third kappa shape index (κ3) is 2.08. The summed E-state index contributed by atoms with van der Waals surface area (Å²) in [6.45, 7) is 5.92. The summed E-state index contributed by atoms with van der Waals surface area (Å²) in [6.07, 6.45) is 0.835. The van der Waals surface area contributed by atoms with Gasteiger partial charge in [0.05, 0.1) is 12.8 Å². The SMILES string of the molecule is CC.COc1ccc2[nH]c(C=O)c(C)c2c1.[HH]. The molecular formula is C13H19NO2. The minimum absolute atomic E-state index is 0. The number of ether oxygens (including phenoxy) is 1. The number of H-pyrrole nitrogens is 1. The average molecular weight is 221 g/mol. The van der Waals surface area contributed by atoms with Crippen LogP contribution in [0.2, 0.25) is 0 Å². The lowest BCUT2D eigenvalue weighted by Crippen LogP contribution is -1.81. The van der Waals surface area contributed by atoms with E-state index in [1.807, 2.05) is 39.0 Å². The molecule has 88 valence electrons. The Morgan fingerprint density at radius 1 is 1.38 bits per heavy atom. The number of methoxy groups -OCH3 is 1. The quantitative estimate of drug-likeness (QED) is 0.788. The van der Waals surface area contributed by atoms with Gasteiger partial charge in [-0.25, -0.2) is 0 Å². The van der Waals surface area contributed by atoms with Crippen LogP contribution in [0.25, 0.3) is 10.9 Å². The fourth-order valence-electron chi connectivity index (χ4n) is 1.57. The van der Waals surface area contributed by atoms with Gasteiger partial charge in [0.2, 0.25) is 0 Å². The van der Waals surface area contributed by atoms with Crippen molar-refractivity contribution in [2.45, 2.75) is 20.8 Å². The number of carbonyl (C=O) groups excluding carboxylic acids is 1. The van der Waals surface area contributed by atoms with Gasteiger partial charge in [-0.3, -0.25) is 4.79 Å². The highest BCUT2D eigenvalue weighted by molar-refractivity contribution is 5.92. The van der Waals surface area contributed by atoms with Gasteiger partial charge in [-0.2, -0.15) is 0 Å². The van der Waals surface area contributed by atoms with E-state index in [-0.39, 0.29) is 1.43 Å². The van der Waals surface area contributed by atoms with Crippen molar-refractivity contribution >= 4 is 17.2 Å². The van der Waals surface area contributed by atoms with E-state index >= 15 is 0 Å². The molecule has 1 N–H and O–H groups in total. The van der Waals surface area contributed by atoms with E-state index in [1.165, 1.54) is 0 Å². The first-order chi connectivity index (χ1) is 7.76. The lowest BCUT2D eigenvalue weighted by atomic mass is 10.1. The standard InChI is InChI=1S/C11H11NO2.C2H6.H2/c1-7-9-5-8(14-2)3-4-10(9)12-11(7)6-13;1-2;/h3-6,12H,1-2H3;1-2H3;1H. The Bertz CT molecular complexity index is 491. The van der Waals surface area contributed by atoms with Gasteiger partial charge in [0.15, 0.2) is 6.29 Å². The van der Waals surface area contributed by atoms with Gasteiger partial charge in [-0.15, -0.1) is 0 Å². The molecule has 16 heavy (non-hydrogen) atoms. The normalized spacial score (nSPS) is 9.50. The Morgan fingerprint density at radius 3 is 2.62 bits per heavy atom. The van der Waals surface area contributed by atoms with Crippen LogP contribution < -0.4 is 4.74 Å². The van der Waals surface area contributed by atoms with Crippen molar-refractivity contribution in [3.05, 3.63) is 29.5 Å². The predicted molar refractivity (Wildman–Crippen MR) is 68.4 cm³/mol. The van der Waals surface area contributed by atoms with Gasteiger partial charge in [0.1, 0.15) is 5.75 Å². The number of aromatic nitrogens is 1. The third-order valence-corrected chi connectivity index (χ3v) is 2.42. The number of carbonyl (C=O) groups is 1. The van der Waals surface area contributed by atoms with Gasteiger partial charge in [0, 0.05) is 12.3 Å². The predicted octanol–water partition coefficient (Wildman–Crippen LogP) is 3.57. The largest absolute Gasteiger partial charge is 0.497 e. The summed E-state index contributed by atoms with van der Waals surface area (Å²) in [6, 6.07) is 5.70. The second-order valence-electron chi connectivity index (χ2n) is 3.19. The van der Waals surface area contributed by atoms with Crippen molar-refractivity contribution in [3.63, 3.8) is 0 Å². The molecule has 0 unspecified atom stereocenters. The minimum Gasteiger partial charge on any atom is -0.497 e. The molecule has 1 aromatic heterocycles. The molecule has 3 nitrogen and oxygen atoms in total. The number of hydrogen-bond donors (Lipinski definition) is 1. The number of nitrogens with one attached hydrogen (secondary N) is 1. The van der Waals surface area contributed by atoms with Crippen LogP contribution in [0.15, 0.2) is 18.2 Å². The molecule has 0 saturated carbocycles. The third-order valence-electron chi connectivity index (χ3n) is 2.42. The molecule has 2 rings (SSSR count). The lowest BCUT2D eigenvalue weighted by molar-refractivity contribution is 0.111. The first kappa shape index (κ1) is 12.3. The van der Waals surface area contributed by atoms with Crippen molar-refractivity contribution in [1.29, 1.82) is 0 Å². The minimum atomic E-state index is 0. The molecule has 3 heteroatoms. The molecule has 0 fully saturated rings. The topological polar surface area (TPSA) is 42.1 Å². The van der Waals surface area contributed by atoms with Gasteiger partial charge in [-0.05, 0) is 30.7 Å². The molecule has 0 amide bonds. The molecule has 0 aliphatic rings. The zero-order chi connectivity index (χ0) is 12.1. The number of fused-ring (bicyclic) bond motifs is 1. The molecule has 1 aromatic carbocycles. The molecule has 0 aliphatic carbocycles. The van der Waals surface area contributed by atoms with Crippen molar-refractivity contribution in [3.8, 4) is 5.75 Å². The first-order valence-corrected chi connectivity index (χ1v) is 5.37. The van der Waals surface area contributed by atoms with E-state index in [0.29, 0.717) is 5.69 Å². The maximum Gasteiger partial charge on any atom is 0.166 e. The average Bonchev–Trinajstić information content (AvgIpc) is 2.68. The van der Waals surface area contributed by atoms with Crippen LogP contribution in [0.1, 0.15) is 31.3 Å². The van der Waals surface area contributed by atoms with Crippen molar-refractivity contribution in [2.75, 3.05) is 7.11 Å². The summed E-state index contributed by atoms with van der Waals surface area (Å²) in [5.74, 6) is 0.803. The number of benzene rings is 1. The Morgan fingerprint density at radius 2 is 2.06 bits per heavy atom. The van der Waals surface area contributed by atoms with E-state index in [1.54, 1.807) is 7.11 Å². The number of rotatable bonds is 2. The smallest absolute Gasteiger partial charge is 0.166 e. The van der Waals surface area contributed by atoms with Crippen LogP contribution in [-0.2, 0) is 0 Å². The number of aldehydes is 1. The van der Waals surface area contributed by atoms with Crippen LogP contribution in [0.4, 0.5) is 0 Å². The maximum atomic E-state index is 10.7. The molecule has 0 radical (unpaired) electrons. The number of hydrogen-bond acceptors (Lipinski definition) is 2. The second-order valence-corrected chi connectivity index (χ2v) is 3.19. The van der Waals surface area contributed by atoms with E-state index in [9.17, 15) is 4.79 Å². The van der Waals surface area contributed by atoms with Crippen LogP contribution in [0.3, 0.4) is 0 Å². The highest BCUT2D eigenvalue weighted by atomic mass is 16.5. The van der Waals surface area contributed by atoms with Crippen LogP contribution in [-0.4, -0.2) is 18.4 Å². The van der Waals surface area contributed by atoms with Gasteiger partial charge < -0.3 is 9.72 Å². The molecule has 0 bridgehead atoms. The molecule has 1 heterocycles. The lowest BCUT2D eigenvalue weighted by Gasteiger charge is -1.98. The molecule has 2 aromatic rings. The number of aromatic amines is 1. The monoisotopic (exact) mass is 221 g/mol. The van der Waals surface area contributed by atoms with Crippen molar-refractivity contribution in [1.82, 2.24) is 4.98 Å². The molecule has 0 spiro atoms. The molecular weight excluding hydrogens is 202 g/mol. The first-order valence-electron chi connectivity index (χ1n) is 5.37. The summed E-state index contributed by atoms with van der Waals surface area (Å²) in [4.78, 5) is 13.7. The maximum absolute atomic E-state index is 10.7. The summed E-state index contributed by atoms with van der Waals surface area (Å²) in [5.41, 5.74) is 2.56. The Kier molecular flexibility index (Phi) is 4.11. The van der Waals surface area contributed by atoms with E-state index < -0.39 is 0 Å². The molecule has 0 saturated heterocycles. The molecule has 0 aliphatic heterocycles. The summed E-state index contributed by atoms with van der Waals surface area (Å²) < 4.78 is 5.12. The van der Waals surface area contributed by atoms with Gasteiger partial charge in [0.25, 0.3) is 0 Å². The highest BCUT2D eigenvalue weighted by Crippen LogP contribution is 2.24. The number of aryl methyl sites for hydroxylation is 1. The van der Waals surface area contributed by atoms with Gasteiger partial charge in [-0.1, -0.05) is 13.8 Å². The Labute approximate surface area is 96.9 Å². The van der Waals surface area contributed by atoms with Crippen molar-refractivity contribution in [2.24, 2.45) is 0 Å². The highest BCUT2D eigenvalue weighted by Gasteiger charge is 2.06. The van der Waals surface area contributed by atoms with Crippen molar-refractivity contribution < 1.29 is 11.0 Å². The van der Waals surface area contributed by atoms with Crippen LogP contribution in [0.5, 0.6) is 5.75 Å². The van der Waals surface area contributed by atoms with E-state index in [2.05, 4.69) is 4.98 Å². The summed E-state index contributed by atoms with van der Waals surface area (Å²) in [7, 11) is 1.63. The van der Waals surface area contributed by atoms with Crippen LogP contribution in [0, 0.1) is 6.92 Å². The Balaban J connectivity index is 0.000000811. The summed E-state index contributed by atoms with van der Waals surface area (Å²) in [5, 5.41) is 1.03. The van der Waals surface area contributed by atoms with E-state index in [0.717, 1.165) is 28.5 Å². The fourth-order valence-corrected chi connectivity index (χ4v) is 1.57. The zero-order valence-corrected chi connectivity index (χ0v) is 10.1. The second kappa shape index (κ2) is 5.35. The van der Waals surface area contributed by atoms with E-state index in [4.69, 9.17) is 4.74 Å². The Hall–Kier alpha value is -1.77. The van der Waals surface area contributed by atoms with Gasteiger partial charge >= 0.3 is 0 Å². The fraction of sp³-hybridized carbons (Fsp3) is 0.308. The summed E-state index contributed by atoms with van der Waals surface area (Å²) >= 11 is 0.